The van der Waals surface area contributed by atoms with Gasteiger partial charge in [-0.15, -0.1) is 0 Å². The van der Waals surface area contributed by atoms with Crippen molar-refractivity contribution in [3.8, 4) is 0 Å². The molecule has 0 aliphatic carbocycles. The van der Waals surface area contributed by atoms with Gasteiger partial charge in [0.05, 0.1) is 6.20 Å². The van der Waals surface area contributed by atoms with Crippen LogP contribution in [0.1, 0.15) is 38.7 Å². The van der Waals surface area contributed by atoms with E-state index in [1.807, 2.05) is 17.9 Å². The molecule has 4 heteroatoms. The molecule has 0 aromatic carbocycles. The van der Waals surface area contributed by atoms with Crippen LogP contribution in [0.4, 0.5) is 0 Å². The molecule has 1 saturated heterocycles. The normalized spacial score (nSPS) is 21.8. The van der Waals surface area contributed by atoms with Crippen molar-refractivity contribution in [2.75, 3.05) is 19.6 Å². The molecule has 1 fully saturated rings. The Morgan fingerprint density at radius 3 is 2.89 bits per heavy atom. The van der Waals surface area contributed by atoms with Gasteiger partial charge in [0.15, 0.2) is 0 Å². The monoisotopic (exact) mass is 264 g/mol. The average Bonchev–Trinajstić information content (AvgIpc) is 2.64. The molecule has 0 bridgehead atoms. The maximum Gasteiger partial charge on any atom is 0.0522 e. The third-order valence-electron chi connectivity index (χ3n) is 4.10. The van der Waals surface area contributed by atoms with E-state index in [0.717, 1.165) is 13.0 Å². The van der Waals surface area contributed by atoms with Gasteiger partial charge in [0.25, 0.3) is 0 Å². The van der Waals surface area contributed by atoms with Crippen molar-refractivity contribution < 1.29 is 0 Å². The van der Waals surface area contributed by atoms with Crippen LogP contribution in [0, 0.1) is 0 Å². The second kappa shape index (κ2) is 7.06. The van der Waals surface area contributed by atoms with Gasteiger partial charge in [-0.1, -0.05) is 0 Å². The van der Waals surface area contributed by atoms with Crippen LogP contribution >= 0.6 is 0 Å². The summed E-state index contributed by atoms with van der Waals surface area (Å²) in [6, 6.07) is 1.38. The van der Waals surface area contributed by atoms with Crippen molar-refractivity contribution in [1.82, 2.24) is 20.0 Å². The van der Waals surface area contributed by atoms with E-state index in [9.17, 15) is 0 Å². The van der Waals surface area contributed by atoms with E-state index in [1.54, 1.807) is 0 Å². The van der Waals surface area contributed by atoms with Crippen molar-refractivity contribution in [2.45, 2.75) is 51.6 Å². The zero-order valence-corrected chi connectivity index (χ0v) is 12.6. The highest BCUT2D eigenvalue weighted by atomic mass is 15.2. The van der Waals surface area contributed by atoms with Gasteiger partial charge in [-0.05, 0) is 64.7 Å². The van der Waals surface area contributed by atoms with E-state index in [2.05, 4.69) is 35.4 Å². The minimum absolute atomic E-state index is 0.689. The van der Waals surface area contributed by atoms with Gasteiger partial charge in [0.2, 0.25) is 0 Å². The highest BCUT2D eigenvalue weighted by Gasteiger charge is 2.17. The lowest BCUT2D eigenvalue weighted by atomic mass is 10.1. The van der Waals surface area contributed by atoms with Crippen LogP contribution in [0.3, 0.4) is 0 Å². The minimum atomic E-state index is 0.689. The van der Waals surface area contributed by atoms with E-state index >= 15 is 0 Å². The molecule has 1 aliphatic rings. The van der Waals surface area contributed by atoms with Crippen LogP contribution in [-0.2, 0) is 13.5 Å². The Balaban J connectivity index is 1.68. The fourth-order valence-corrected chi connectivity index (χ4v) is 2.86. The summed E-state index contributed by atoms with van der Waals surface area (Å²) in [5.41, 5.74) is 1.33. The molecule has 1 N–H and O–H groups in total. The van der Waals surface area contributed by atoms with Crippen LogP contribution in [0.15, 0.2) is 12.4 Å². The van der Waals surface area contributed by atoms with Crippen molar-refractivity contribution in [1.29, 1.82) is 0 Å². The Morgan fingerprint density at radius 1 is 1.37 bits per heavy atom. The first kappa shape index (κ1) is 14.5. The molecule has 4 nitrogen and oxygen atoms in total. The topological polar surface area (TPSA) is 33.1 Å². The molecule has 0 amide bonds. The Kier molecular flexibility index (Phi) is 5.40. The van der Waals surface area contributed by atoms with Crippen molar-refractivity contribution in [3.05, 3.63) is 18.0 Å². The van der Waals surface area contributed by atoms with E-state index in [4.69, 9.17) is 0 Å². The minimum Gasteiger partial charge on any atom is -0.314 e. The van der Waals surface area contributed by atoms with Crippen molar-refractivity contribution >= 4 is 0 Å². The summed E-state index contributed by atoms with van der Waals surface area (Å²) in [4.78, 5) is 2.60. The fraction of sp³-hybridized carbons (Fsp3) is 0.800. The zero-order valence-electron chi connectivity index (χ0n) is 12.6. The average molecular weight is 264 g/mol. The molecule has 108 valence electrons. The molecule has 2 rings (SSSR count). The van der Waals surface area contributed by atoms with Crippen LogP contribution < -0.4 is 5.32 Å². The molecule has 0 radical (unpaired) electrons. The van der Waals surface area contributed by atoms with Gasteiger partial charge < -0.3 is 10.2 Å². The molecule has 1 unspecified atom stereocenters. The van der Waals surface area contributed by atoms with E-state index in [1.165, 1.54) is 37.9 Å². The van der Waals surface area contributed by atoms with Crippen LogP contribution in [-0.4, -0.2) is 46.4 Å². The van der Waals surface area contributed by atoms with Crippen LogP contribution in [0.2, 0.25) is 0 Å². The summed E-state index contributed by atoms with van der Waals surface area (Å²) in [6.45, 7) is 8.17. The van der Waals surface area contributed by atoms with E-state index in [0.29, 0.717) is 12.1 Å². The molecular weight excluding hydrogens is 236 g/mol. The Hall–Kier alpha value is -0.870. The maximum atomic E-state index is 4.21. The number of nitrogens with zero attached hydrogens (tertiary/aromatic N) is 3. The first-order valence-electron chi connectivity index (χ1n) is 7.60. The molecule has 0 spiro atoms. The number of likely N-dealkylation sites (tertiary alicyclic amines) is 1. The third-order valence-corrected chi connectivity index (χ3v) is 4.10. The summed E-state index contributed by atoms with van der Waals surface area (Å²) in [6.07, 6.45) is 9.08. The lowest BCUT2D eigenvalue weighted by Crippen LogP contribution is -2.34. The largest absolute Gasteiger partial charge is 0.314 e. The highest BCUT2D eigenvalue weighted by molar-refractivity contribution is 5.03. The summed E-state index contributed by atoms with van der Waals surface area (Å²) in [5.74, 6) is 0. The first-order valence-corrected chi connectivity index (χ1v) is 7.60. The maximum absolute atomic E-state index is 4.21. The SMILES string of the molecule is CC(C)N1CCCC(NCCc2cnn(C)c2)CC1. The predicted octanol–water partition coefficient (Wildman–Crippen LogP) is 1.82. The fourth-order valence-electron chi connectivity index (χ4n) is 2.86. The molecule has 2 heterocycles. The molecule has 1 aromatic rings. The zero-order chi connectivity index (χ0) is 13.7. The number of rotatable bonds is 5. The number of nitrogens with one attached hydrogen (secondary N) is 1. The molecule has 1 atom stereocenters. The Labute approximate surface area is 117 Å². The predicted molar refractivity (Wildman–Crippen MR) is 79.3 cm³/mol. The standard InChI is InChI=1S/C15H28N4/c1-13(2)19-9-4-5-15(7-10-19)16-8-6-14-11-17-18(3)12-14/h11-13,15-16H,4-10H2,1-3H3. The van der Waals surface area contributed by atoms with Gasteiger partial charge in [-0.3, -0.25) is 4.68 Å². The van der Waals surface area contributed by atoms with Crippen LogP contribution in [0.5, 0.6) is 0 Å². The number of aromatic nitrogens is 2. The highest BCUT2D eigenvalue weighted by Crippen LogP contribution is 2.13. The number of hydrogen-bond acceptors (Lipinski definition) is 3. The molecule has 1 aliphatic heterocycles. The van der Waals surface area contributed by atoms with Crippen molar-refractivity contribution in [2.24, 2.45) is 7.05 Å². The summed E-state index contributed by atoms with van der Waals surface area (Å²) in [5, 5.41) is 7.92. The van der Waals surface area contributed by atoms with E-state index < -0.39 is 0 Å². The third kappa shape index (κ3) is 4.62. The first-order chi connectivity index (χ1) is 9.15. The van der Waals surface area contributed by atoms with E-state index in [-0.39, 0.29) is 0 Å². The van der Waals surface area contributed by atoms with Gasteiger partial charge in [-0.2, -0.15) is 5.10 Å². The summed E-state index contributed by atoms with van der Waals surface area (Å²) < 4.78 is 1.88. The lowest BCUT2D eigenvalue weighted by Gasteiger charge is -2.24. The van der Waals surface area contributed by atoms with Gasteiger partial charge >= 0.3 is 0 Å². The van der Waals surface area contributed by atoms with Gasteiger partial charge in [-0.25, -0.2) is 0 Å². The lowest BCUT2D eigenvalue weighted by molar-refractivity contribution is 0.229. The molecule has 19 heavy (non-hydrogen) atoms. The summed E-state index contributed by atoms with van der Waals surface area (Å²) in [7, 11) is 1.97. The van der Waals surface area contributed by atoms with Crippen LogP contribution in [0.25, 0.3) is 0 Å². The van der Waals surface area contributed by atoms with Crippen molar-refractivity contribution in [3.63, 3.8) is 0 Å². The van der Waals surface area contributed by atoms with Gasteiger partial charge in [0, 0.05) is 25.3 Å². The molecule has 0 saturated carbocycles. The Bertz CT molecular complexity index is 372. The number of aryl methyl sites for hydroxylation is 1. The molecule has 1 aromatic heterocycles. The molecular formula is C15H28N4. The van der Waals surface area contributed by atoms with Gasteiger partial charge in [0.1, 0.15) is 0 Å². The quantitative estimate of drug-likeness (QED) is 0.880. The Morgan fingerprint density at radius 2 is 2.21 bits per heavy atom. The second-order valence-corrected chi connectivity index (χ2v) is 5.98. The summed E-state index contributed by atoms with van der Waals surface area (Å²) >= 11 is 0. The number of hydrogen-bond donors (Lipinski definition) is 1. The second-order valence-electron chi connectivity index (χ2n) is 5.98. The smallest absolute Gasteiger partial charge is 0.0522 e.